The number of ether oxygens (including phenoxy) is 2. The SMILES string of the molecule is CS(=O)(=O)[C-](S(C)(=O)=O)S(=O)(=O)C(F)(F)F.Cc1c(C(C)C)cc(C(C)C)cc1C(C)C.Cc1c(C2CCCCC2)cc(C2CCCCC2)cc1C1CCCCC1.O=C(OCCOC(F)C(F)(F)S(=O)(=O)[O-])C12CC3CC(CC(C3)C1)C2.O=S1(=O)[N-]S(=O)(=O)C(F)(F)C(F)(F)C1(F)F. The Morgan fingerprint density at radius 1 is 0.582 bits per heavy atom. The molecule has 0 amide bonds. The lowest BCUT2D eigenvalue weighted by Gasteiger charge is -2.55. The minimum atomic E-state index is -6.60. The molecular weight excluding hydrogens is 1450 g/mol. The fourth-order valence-corrected chi connectivity index (χ4v) is 24.1. The Morgan fingerprint density at radius 2 is 0.939 bits per heavy atom. The van der Waals surface area contributed by atoms with Crippen molar-refractivity contribution in [2.75, 3.05) is 25.7 Å². The van der Waals surface area contributed by atoms with Crippen molar-refractivity contribution in [3.05, 3.63) is 76.8 Å². The van der Waals surface area contributed by atoms with Crippen molar-refractivity contribution in [2.45, 2.75) is 259 Å². The van der Waals surface area contributed by atoms with Crippen molar-refractivity contribution < 1.29 is 122 Å². The number of hydrogen-bond donors (Lipinski definition) is 0. The Hall–Kier alpha value is -3.35. The van der Waals surface area contributed by atoms with E-state index in [9.17, 15) is 113 Å². The number of alkyl halides is 12. The molecule has 1 atom stereocenters. The molecule has 17 nitrogen and oxygen atoms in total. The molecular formula is C63H90F12NO16S6-3. The van der Waals surface area contributed by atoms with Gasteiger partial charge in [-0.3, -0.25) is 30.0 Å². The normalized spacial score (nSPS) is 25.2. The predicted molar refractivity (Wildman–Crippen MR) is 343 cm³/mol. The number of hydrogen-bond acceptors (Lipinski definition) is 16. The van der Waals surface area contributed by atoms with E-state index in [-0.39, 0.29) is 12.5 Å². The van der Waals surface area contributed by atoms with Crippen LogP contribution in [0.4, 0.5) is 52.7 Å². The monoisotopic (exact) mass is 1540 g/mol. The van der Waals surface area contributed by atoms with Crippen LogP contribution in [0.15, 0.2) is 24.3 Å². The lowest BCUT2D eigenvalue weighted by molar-refractivity contribution is -0.244. The summed E-state index contributed by atoms with van der Waals surface area (Å²) in [5.74, 6) is -1.02. The average molecular weight is 1540 g/mol. The first kappa shape index (κ1) is 85.3. The standard InChI is InChI=1S/C25H38.C16H26.C15H21F3O6S.C4H6F3O6S3.C3F6NO4S2/c1-19-24(21-13-7-3-8-14-21)17-23(20-11-5-2-6-12-20)18-25(19)22-15-9-4-10-16-22;1-10(2)14-8-15(11(3)4)13(7)16(9-14)12(5)6;16-12(15(17,18)25(20,21)22)23-1-2-24-13(19)14-6-9-3-10(7-14)5-11(4-9)8-14;1-14(8,9)3(15(2,10)11)16(12,13)4(5,6)7;4-1(5)2(6,7)15(11,12)10-16(13,14)3(1,8)9/h17-18,20-22H,2-16H2,1H3;8-12H,1-7H3;9-12H,1-8H2,(H,20,21,22);1-2H3;/q;;;2*-1/p-1. The van der Waals surface area contributed by atoms with E-state index in [4.69, 9.17) is 4.74 Å². The largest absolute Gasteiger partial charge is 0.743 e. The minimum Gasteiger partial charge on any atom is -0.743 e. The molecule has 0 spiro atoms. The van der Waals surface area contributed by atoms with Gasteiger partial charge in [-0.1, -0.05) is 124 Å². The average Bonchev–Trinajstić information content (AvgIpc) is 0.697. The maximum absolute atomic E-state index is 13.1. The summed E-state index contributed by atoms with van der Waals surface area (Å²) in [5, 5.41) is -17.8. The van der Waals surface area contributed by atoms with Crippen LogP contribution in [-0.2, 0) is 73.9 Å². The first-order valence-electron chi connectivity index (χ1n) is 32.5. The fourth-order valence-electron chi connectivity index (χ4n) is 14.9. The Labute approximate surface area is 569 Å². The first-order chi connectivity index (χ1) is 44.5. The van der Waals surface area contributed by atoms with E-state index in [0.29, 0.717) is 35.5 Å². The molecule has 1 heterocycles. The summed E-state index contributed by atoms with van der Waals surface area (Å²) in [5.41, 5.74) is 6.45. The van der Waals surface area contributed by atoms with E-state index >= 15 is 0 Å². The molecule has 2 aromatic rings. The number of benzene rings is 2. The second-order valence-corrected chi connectivity index (χ2v) is 39.6. The summed E-state index contributed by atoms with van der Waals surface area (Å²) < 4.78 is 294. The minimum absolute atomic E-state index is 0.0622. The summed E-state index contributed by atoms with van der Waals surface area (Å²) in [7, 11) is -35.8. The second kappa shape index (κ2) is 31.9. The van der Waals surface area contributed by atoms with Gasteiger partial charge in [0.25, 0.3) is 6.36 Å². The van der Waals surface area contributed by atoms with Crippen LogP contribution in [0.1, 0.15) is 256 Å². The van der Waals surface area contributed by atoms with Crippen LogP contribution in [0.25, 0.3) is 4.13 Å². The topological polar surface area (TPSA) is 278 Å². The highest BCUT2D eigenvalue weighted by Gasteiger charge is 2.81. The number of sulfonamides is 2. The van der Waals surface area contributed by atoms with Gasteiger partial charge in [-0.2, -0.15) is 48.3 Å². The van der Waals surface area contributed by atoms with Gasteiger partial charge in [-0.05, 0) is 189 Å². The smallest absolute Gasteiger partial charge is 0.470 e. The Balaban J connectivity index is 0.000000226. The van der Waals surface area contributed by atoms with Crippen LogP contribution in [0, 0.1) is 40.9 Å². The van der Waals surface area contributed by atoms with Crippen LogP contribution < -0.4 is 0 Å². The van der Waals surface area contributed by atoms with Crippen molar-refractivity contribution in [3.63, 3.8) is 0 Å². The Morgan fingerprint density at radius 3 is 1.24 bits per heavy atom. The van der Waals surface area contributed by atoms with Crippen LogP contribution in [0.2, 0.25) is 0 Å². The van der Waals surface area contributed by atoms with E-state index in [1.54, 1.807) is 22.3 Å². The molecule has 7 aliphatic carbocycles. The zero-order chi connectivity index (χ0) is 74.8. The van der Waals surface area contributed by atoms with Gasteiger partial charge >= 0.3 is 33.2 Å². The summed E-state index contributed by atoms with van der Waals surface area (Å²) in [6.45, 7) is 17.2. The van der Waals surface area contributed by atoms with Crippen molar-refractivity contribution in [3.8, 4) is 0 Å². The number of nitrogens with zero attached hydrogens (tertiary/aromatic N) is 1. The second-order valence-electron chi connectivity index (χ2n) is 28.0. The van der Waals surface area contributed by atoms with Crippen molar-refractivity contribution in [2.24, 2.45) is 23.2 Å². The van der Waals surface area contributed by atoms with E-state index in [1.807, 2.05) is 0 Å². The summed E-state index contributed by atoms with van der Waals surface area (Å²) in [6.07, 6.45) is 24.0. The van der Waals surface area contributed by atoms with E-state index in [0.717, 1.165) is 60.4 Å². The molecule has 10 rings (SSSR count). The summed E-state index contributed by atoms with van der Waals surface area (Å²) in [4.78, 5) is 12.4. The molecule has 0 radical (unpaired) electrons. The fraction of sp³-hybridized carbons (Fsp3) is 0.778. The van der Waals surface area contributed by atoms with Gasteiger partial charge in [-0.25, -0.2) is 29.6 Å². The third-order valence-corrected chi connectivity index (χ3v) is 30.9. The Kier molecular flexibility index (Phi) is 27.8. The molecule has 8 fully saturated rings. The molecule has 1 aliphatic heterocycles. The molecule has 2 aromatic carbocycles. The molecule has 1 saturated heterocycles. The number of rotatable bonds is 16. The van der Waals surface area contributed by atoms with E-state index in [2.05, 4.69) is 84.4 Å². The van der Waals surface area contributed by atoms with E-state index < -0.39 is 122 Å². The maximum atomic E-state index is 13.1. The highest BCUT2D eigenvalue weighted by atomic mass is 32.3. The van der Waals surface area contributed by atoms with Gasteiger partial charge in [0.05, 0.1) is 35.6 Å². The molecule has 8 aliphatic rings. The highest BCUT2D eigenvalue weighted by Crippen LogP contribution is 2.61. The van der Waals surface area contributed by atoms with Gasteiger partial charge < -0.3 is 18.2 Å². The van der Waals surface area contributed by atoms with Gasteiger partial charge in [0.1, 0.15) is 6.61 Å². The third kappa shape index (κ3) is 19.3. The van der Waals surface area contributed by atoms with Crippen LogP contribution in [-0.4, -0.2) is 120 Å². The third-order valence-electron chi connectivity index (χ3n) is 19.5. The molecule has 566 valence electrons. The molecule has 0 N–H and O–H groups in total. The molecule has 1 unspecified atom stereocenters. The molecule has 98 heavy (non-hydrogen) atoms. The van der Waals surface area contributed by atoms with Crippen LogP contribution in [0.3, 0.4) is 0 Å². The summed E-state index contributed by atoms with van der Waals surface area (Å²) in [6, 6.07) is 10.2. The van der Waals surface area contributed by atoms with Gasteiger partial charge in [-0.15, -0.1) is 0 Å². The molecule has 7 saturated carbocycles. The lowest BCUT2D eigenvalue weighted by atomic mass is 9.49. The highest BCUT2D eigenvalue weighted by molar-refractivity contribution is 8.28. The van der Waals surface area contributed by atoms with Gasteiger partial charge in [0, 0.05) is 12.5 Å². The number of carbonyl (C=O) groups is 1. The molecule has 35 heteroatoms. The van der Waals surface area contributed by atoms with Crippen LogP contribution >= 0.6 is 0 Å². The van der Waals surface area contributed by atoms with E-state index in [1.165, 1.54) is 119 Å². The van der Waals surface area contributed by atoms with Gasteiger partial charge in [0.15, 0.2) is 40.0 Å². The predicted octanol–water partition coefficient (Wildman–Crippen LogP) is 16.0. The summed E-state index contributed by atoms with van der Waals surface area (Å²) >= 11 is 0. The van der Waals surface area contributed by atoms with Crippen molar-refractivity contribution in [1.82, 2.24) is 0 Å². The number of esters is 1. The van der Waals surface area contributed by atoms with Gasteiger partial charge in [0.2, 0.25) is 0 Å². The van der Waals surface area contributed by atoms with Crippen molar-refractivity contribution in [1.29, 1.82) is 0 Å². The lowest BCUT2D eigenvalue weighted by Crippen LogP contribution is -2.64. The first-order valence-corrected chi connectivity index (χ1v) is 42.1. The van der Waals surface area contributed by atoms with Crippen molar-refractivity contribution >= 4 is 65.6 Å². The van der Waals surface area contributed by atoms with Crippen LogP contribution in [0.5, 0.6) is 0 Å². The zero-order valence-corrected chi connectivity index (χ0v) is 61.2. The maximum Gasteiger partial charge on any atom is 0.470 e. The number of carbonyl (C=O) groups excluding carboxylic acids is 1. The number of sulfone groups is 3. The Bertz CT molecular complexity index is 3630. The molecule has 0 aromatic heterocycles. The molecule has 4 bridgehead atoms. The zero-order valence-electron chi connectivity index (χ0n) is 56.3. The quantitative estimate of drug-likeness (QED) is 0.0496. The number of halogens is 12.